The predicted molar refractivity (Wildman–Crippen MR) is 81.8 cm³/mol. The Morgan fingerprint density at radius 1 is 1.48 bits per heavy atom. The van der Waals surface area contributed by atoms with Gasteiger partial charge in [-0.3, -0.25) is 4.79 Å². The number of nitrogens with one attached hydrogen (secondary N) is 1. The average molecular weight is 358 g/mol. The Bertz CT molecular complexity index is 598. The minimum Gasteiger partial charge on any atom is -0.409 e. The van der Waals surface area contributed by atoms with Crippen molar-refractivity contribution in [2.24, 2.45) is 16.3 Å². The fraction of sp³-hybridized carbons (Fsp3) is 0.429. The van der Waals surface area contributed by atoms with Crippen LogP contribution in [-0.2, 0) is 4.79 Å². The number of amides is 1. The molecule has 0 heterocycles. The zero-order chi connectivity index (χ0) is 15.6. The van der Waals surface area contributed by atoms with Crippen LogP contribution in [0, 0.1) is 18.2 Å². The Hall–Kier alpha value is -1.63. The lowest BCUT2D eigenvalue weighted by atomic mass is 9.83. The van der Waals surface area contributed by atoms with E-state index in [0.717, 1.165) is 18.4 Å². The number of anilines is 1. The molecule has 4 N–H and O–H groups in total. The molecule has 0 atom stereocenters. The first-order chi connectivity index (χ1) is 9.90. The van der Waals surface area contributed by atoms with Crippen molar-refractivity contribution >= 4 is 33.4 Å². The van der Waals surface area contributed by atoms with Crippen LogP contribution in [0.1, 0.15) is 31.2 Å². The number of nitrogens with two attached hydrogens (primary N) is 1. The number of carbonyl (C=O) groups excluding carboxylic acids is 1. The molecule has 1 amide bonds. The van der Waals surface area contributed by atoms with E-state index in [1.165, 1.54) is 6.07 Å². The van der Waals surface area contributed by atoms with Gasteiger partial charge in [-0.1, -0.05) is 18.0 Å². The molecule has 114 valence electrons. The number of amidine groups is 1. The maximum absolute atomic E-state index is 13.6. The first-order valence-electron chi connectivity index (χ1n) is 6.66. The van der Waals surface area contributed by atoms with Gasteiger partial charge in [0.2, 0.25) is 5.91 Å². The highest BCUT2D eigenvalue weighted by Gasteiger charge is 2.45. The van der Waals surface area contributed by atoms with Crippen LogP contribution < -0.4 is 11.1 Å². The molecule has 0 aliphatic heterocycles. The second-order valence-electron chi connectivity index (χ2n) is 5.31. The van der Waals surface area contributed by atoms with Gasteiger partial charge in [0.15, 0.2) is 5.84 Å². The van der Waals surface area contributed by atoms with Crippen molar-refractivity contribution in [2.45, 2.75) is 32.6 Å². The molecule has 1 aromatic rings. The van der Waals surface area contributed by atoms with Crippen LogP contribution in [0.4, 0.5) is 10.1 Å². The van der Waals surface area contributed by atoms with Crippen LogP contribution in [-0.4, -0.2) is 17.0 Å². The molecule has 2 rings (SSSR count). The van der Waals surface area contributed by atoms with Crippen LogP contribution in [0.15, 0.2) is 21.8 Å². The molecule has 1 aliphatic carbocycles. The number of rotatable bonds is 3. The van der Waals surface area contributed by atoms with Gasteiger partial charge in [0.05, 0.1) is 4.47 Å². The van der Waals surface area contributed by atoms with Gasteiger partial charge in [-0.15, -0.1) is 0 Å². The standard InChI is InChI=1S/C14H17BrFN3O2/c1-8-6-9(15)10(16)7-11(8)18-13(20)14(12(17)19-21)4-2-3-5-14/h6-7,21H,2-5H2,1H3,(H2,17,19)(H,18,20). The van der Waals surface area contributed by atoms with Crippen molar-refractivity contribution in [3.63, 3.8) is 0 Å². The van der Waals surface area contributed by atoms with Crippen LogP contribution in [0.5, 0.6) is 0 Å². The third-order valence-corrected chi connectivity index (χ3v) is 4.61. The van der Waals surface area contributed by atoms with Gasteiger partial charge in [0.25, 0.3) is 0 Å². The van der Waals surface area contributed by atoms with E-state index < -0.39 is 11.2 Å². The van der Waals surface area contributed by atoms with Crippen LogP contribution in [0.25, 0.3) is 0 Å². The quantitative estimate of drug-likeness (QED) is 0.336. The Labute approximate surface area is 130 Å². The highest BCUT2D eigenvalue weighted by Crippen LogP contribution is 2.39. The van der Waals surface area contributed by atoms with Crippen molar-refractivity contribution in [1.82, 2.24) is 0 Å². The summed E-state index contributed by atoms with van der Waals surface area (Å²) in [4.78, 5) is 12.6. The molecule has 0 saturated heterocycles. The van der Waals surface area contributed by atoms with Crippen molar-refractivity contribution in [3.05, 3.63) is 28.0 Å². The molecule has 1 fully saturated rings. The molecule has 21 heavy (non-hydrogen) atoms. The molecular formula is C14H17BrFN3O2. The van der Waals surface area contributed by atoms with Gasteiger partial charge in [-0.2, -0.15) is 0 Å². The highest BCUT2D eigenvalue weighted by molar-refractivity contribution is 9.10. The molecule has 7 heteroatoms. The lowest BCUT2D eigenvalue weighted by molar-refractivity contribution is -0.122. The third-order valence-electron chi connectivity index (χ3n) is 4.01. The van der Waals surface area contributed by atoms with E-state index in [2.05, 4.69) is 26.4 Å². The fourth-order valence-electron chi connectivity index (χ4n) is 2.70. The first kappa shape index (κ1) is 15.8. The van der Waals surface area contributed by atoms with E-state index in [-0.39, 0.29) is 11.7 Å². The topological polar surface area (TPSA) is 87.7 Å². The van der Waals surface area contributed by atoms with Crippen LogP contribution >= 0.6 is 15.9 Å². The van der Waals surface area contributed by atoms with E-state index in [1.54, 1.807) is 13.0 Å². The summed E-state index contributed by atoms with van der Waals surface area (Å²) in [5.74, 6) is -0.909. The molecular weight excluding hydrogens is 341 g/mol. The number of hydrogen-bond donors (Lipinski definition) is 3. The summed E-state index contributed by atoms with van der Waals surface area (Å²) in [6.07, 6.45) is 2.70. The summed E-state index contributed by atoms with van der Waals surface area (Å²) < 4.78 is 14.0. The van der Waals surface area contributed by atoms with E-state index in [4.69, 9.17) is 10.9 Å². The molecule has 1 aromatic carbocycles. The molecule has 1 saturated carbocycles. The van der Waals surface area contributed by atoms with Crippen molar-refractivity contribution in [2.75, 3.05) is 5.32 Å². The summed E-state index contributed by atoms with van der Waals surface area (Å²) in [6, 6.07) is 2.85. The second kappa shape index (κ2) is 6.01. The predicted octanol–water partition coefficient (Wildman–Crippen LogP) is 3.14. The molecule has 0 aromatic heterocycles. The molecule has 1 aliphatic rings. The molecule has 5 nitrogen and oxygen atoms in total. The first-order valence-corrected chi connectivity index (χ1v) is 7.45. The smallest absolute Gasteiger partial charge is 0.238 e. The number of aryl methyl sites for hydroxylation is 1. The van der Waals surface area contributed by atoms with E-state index in [0.29, 0.717) is 23.0 Å². The van der Waals surface area contributed by atoms with Gasteiger partial charge >= 0.3 is 0 Å². The van der Waals surface area contributed by atoms with Gasteiger partial charge in [-0.25, -0.2) is 4.39 Å². The van der Waals surface area contributed by atoms with Gasteiger partial charge < -0.3 is 16.3 Å². The molecule has 0 spiro atoms. The minimum atomic E-state index is -1.01. The Balaban J connectivity index is 2.30. The van der Waals surface area contributed by atoms with Crippen LogP contribution in [0.3, 0.4) is 0 Å². The fourth-order valence-corrected chi connectivity index (χ4v) is 3.15. The highest BCUT2D eigenvalue weighted by atomic mass is 79.9. The lowest BCUT2D eigenvalue weighted by Crippen LogP contribution is -2.45. The summed E-state index contributed by atoms with van der Waals surface area (Å²) in [5.41, 5.74) is 5.82. The number of benzene rings is 1. The third kappa shape index (κ3) is 2.88. The molecule has 0 radical (unpaired) electrons. The number of halogens is 2. The zero-order valence-electron chi connectivity index (χ0n) is 11.6. The Kier molecular flexibility index (Phi) is 4.51. The van der Waals surface area contributed by atoms with Gasteiger partial charge in [0.1, 0.15) is 11.2 Å². The second-order valence-corrected chi connectivity index (χ2v) is 6.16. The SMILES string of the molecule is Cc1cc(Br)c(F)cc1NC(=O)C1(/C(N)=N/O)CCCC1. The normalized spacial score (nSPS) is 17.8. The monoisotopic (exact) mass is 357 g/mol. The minimum absolute atomic E-state index is 0.0901. The van der Waals surface area contributed by atoms with Crippen molar-refractivity contribution < 1.29 is 14.4 Å². The summed E-state index contributed by atoms with van der Waals surface area (Å²) >= 11 is 3.10. The number of oxime groups is 1. The molecule has 0 bridgehead atoms. The Morgan fingerprint density at radius 2 is 2.10 bits per heavy atom. The van der Waals surface area contributed by atoms with Gasteiger partial charge in [-0.05, 0) is 53.4 Å². The largest absolute Gasteiger partial charge is 0.409 e. The number of carbonyl (C=O) groups is 1. The summed E-state index contributed by atoms with van der Waals surface area (Å²) in [6.45, 7) is 1.77. The lowest BCUT2D eigenvalue weighted by Gasteiger charge is -2.26. The maximum atomic E-state index is 13.6. The van der Waals surface area contributed by atoms with Gasteiger partial charge in [0, 0.05) is 5.69 Å². The number of hydrogen-bond acceptors (Lipinski definition) is 3. The van der Waals surface area contributed by atoms with Crippen LogP contribution in [0.2, 0.25) is 0 Å². The number of nitrogens with zero attached hydrogens (tertiary/aromatic N) is 1. The maximum Gasteiger partial charge on any atom is 0.238 e. The zero-order valence-corrected chi connectivity index (χ0v) is 13.2. The van der Waals surface area contributed by atoms with E-state index >= 15 is 0 Å². The van der Waals surface area contributed by atoms with E-state index in [1.807, 2.05) is 0 Å². The summed E-state index contributed by atoms with van der Waals surface area (Å²) in [7, 11) is 0. The van der Waals surface area contributed by atoms with Crippen molar-refractivity contribution in [1.29, 1.82) is 0 Å². The molecule has 0 unspecified atom stereocenters. The average Bonchev–Trinajstić information content (AvgIpc) is 2.94. The van der Waals surface area contributed by atoms with Crippen molar-refractivity contribution in [3.8, 4) is 0 Å². The van der Waals surface area contributed by atoms with E-state index in [9.17, 15) is 9.18 Å². The Morgan fingerprint density at radius 3 is 2.67 bits per heavy atom. The summed E-state index contributed by atoms with van der Waals surface area (Å²) in [5, 5.41) is 14.6.